The number of nitrogens with zero attached hydrogens (tertiary/aromatic N) is 5. The molecule has 0 bridgehead atoms. The van der Waals surface area contributed by atoms with Crippen molar-refractivity contribution in [1.29, 1.82) is 0 Å². The highest BCUT2D eigenvalue weighted by atomic mass is 32.1. The van der Waals surface area contributed by atoms with Crippen LogP contribution in [-0.2, 0) is 6.54 Å². The highest BCUT2D eigenvalue weighted by molar-refractivity contribution is 7.17. The summed E-state index contributed by atoms with van der Waals surface area (Å²) in [5, 5.41) is 4.02. The summed E-state index contributed by atoms with van der Waals surface area (Å²) in [7, 11) is 0. The van der Waals surface area contributed by atoms with Crippen LogP contribution < -0.4 is 0 Å². The van der Waals surface area contributed by atoms with E-state index in [0.29, 0.717) is 0 Å². The number of thiazole rings is 2. The van der Waals surface area contributed by atoms with Crippen LogP contribution in [-0.4, -0.2) is 56.8 Å². The molecule has 6 nitrogen and oxygen atoms in total. The van der Waals surface area contributed by atoms with Crippen LogP contribution in [0.15, 0.2) is 29.8 Å². The summed E-state index contributed by atoms with van der Waals surface area (Å²) in [4.78, 5) is 31.4. The summed E-state index contributed by atoms with van der Waals surface area (Å²) >= 11 is 3.12. The maximum absolute atomic E-state index is 13.0. The molecular weight excluding hydrogens is 378 g/mol. The van der Waals surface area contributed by atoms with Crippen LogP contribution in [0.4, 0.5) is 0 Å². The minimum atomic E-state index is 0.0799. The SMILES string of the molecule is Cc1nc(CN2CCN(C(=O)c3sc(-c4ccccn4)nc3C)CC2)cs1. The van der Waals surface area contributed by atoms with Crippen LogP contribution in [0.3, 0.4) is 0 Å². The van der Waals surface area contributed by atoms with Gasteiger partial charge in [-0.1, -0.05) is 6.07 Å². The molecule has 1 aliphatic rings. The normalized spacial score (nSPS) is 15.3. The molecular formula is C19H21N5OS2. The molecule has 0 aliphatic carbocycles. The van der Waals surface area contributed by atoms with Crippen molar-refractivity contribution in [3.8, 4) is 10.7 Å². The first-order valence-corrected chi connectivity index (χ1v) is 10.6. The van der Waals surface area contributed by atoms with Crippen LogP contribution in [0.25, 0.3) is 10.7 Å². The average Bonchev–Trinajstić information content (AvgIpc) is 3.28. The van der Waals surface area contributed by atoms with Gasteiger partial charge in [-0.15, -0.1) is 22.7 Å². The van der Waals surface area contributed by atoms with Crippen molar-refractivity contribution in [1.82, 2.24) is 24.8 Å². The first-order valence-electron chi connectivity index (χ1n) is 8.91. The Balaban J connectivity index is 1.40. The van der Waals surface area contributed by atoms with Crippen molar-refractivity contribution in [2.45, 2.75) is 20.4 Å². The minimum Gasteiger partial charge on any atom is -0.335 e. The number of carbonyl (C=O) groups excluding carboxylic acids is 1. The van der Waals surface area contributed by atoms with Crippen LogP contribution >= 0.6 is 22.7 Å². The number of rotatable bonds is 4. The fourth-order valence-corrected chi connectivity index (χ4v) is 4.77. The molecule has 4 rings (SSSR count). The Labute approximate surface area is 166 Å². The number of pyridine rings is 1. The number of aromatic nitrogens is 3. The zero-order chi connectivity index (χ0) is 18.8. The van der Waals surface area contributed by atoms with Crippen molar-refractivity contribution in [3.63, 3.8) is 0 Å². The number of piperazine rings is 1. The number of carbonyl (C=O) groups is 1. The summed E-state index contributed by atoms with van der Waals surface area (Å²) in [5.74, 6) is 0.0799. The summed E-state index contributed by atoms with van der Waals surface area (Å²) in [5.41, 5.74) is 2.72. The van der Waals surface area contributed by atoms with E-state index in [1.165, 1.54) is 11.3 Å². The van der Waals surface area contributed by atoms with Gasteiger partial charge in [0.05, 0.1) is 22.1 Å². The molecule has 1 saturated heterocycles. The quantitative estimate of drug-likeness (QED) is 0.674. The first kappa shape index (κ1) is 18.2. The average molecular weight is 400 g/mol. The fourth-order valence-electron chi connectivity index (χ4n) is 3.16. The molecule has 1 fully saturated rings. The van der Waals surface area contributed by atoms with Gasteiger partial charge in [0.1, 0.15) is 9.88 Å². The third-order valence-electron chi connectivity index (χ3n) is 4.59. The van der Waals surface area contributed by atoms with Crippen molar-refractivity contribution in [2.24, 2.45) is 0 Å². The molecule has 140 valence electrons. The van der Waals surface area contributed by atoms with Gasteiger partial charge in [0.2, 0.25) is 0 Å². The van der Waals surface area contributed by atoms with E-state index in [9.17, 15) is 4.79 Å². The molecule has 1 aliphatic heterocycles. The van der Waals surface area contributed by atoms with Crippen LogP contribution in [0.5, 0.6) is 0 Å². The van der Waals surface area contributed by atoms with E-state index >= 15 is 0 Å². The van der Waals surface area contributed by atoms with E-state index in [1.54, 1.807) is 17.5 Å². The van der Waals surface area contributed by atoms with Crippen molar-refractivity contribution < 1.29 is 4.79 Å². The van der Waals surface area contributed by atoms with E-state index in [4.69, 9.17) is 0 Å². The summed E-state index contributed by atoms with van der Waals surface area (Å²) in [6.45, 7) is 7.99. The summed E-state index contributed by atoms with van der Waals surface area (Å²) in [6, 6.07) is 5.73. The smallest absolute Gasteiger partial charge is 0.265 e. The van der Waals surface area contributed by atoms with Crippen LogP contribution in [0.2, 0.25) is 0 Å². The Morgan fingerprint density at radius 3 is 2.63 bits per heavy atom. The van der Waals surface area contributed by atoms with Crippen molar-refractivity contribution in [3.05, 3.63) is 51.0 Å². The molecule has 0 spiro atoms. The standard InChI is InChI=1S/C19H21N5OS2/c1-13-17(27-18(21-13)16-5-3-4-6-20-16)19(25)24-9-7-23(8-10-24)11-15-12-26-14(2)22-15/h3-6,12H,7-11H2,1-2H3. The van der Waals surface area contributed by atoms with Gasteiger partial charge in [-0.25, -0.2) is 9.97 Å². The molecule has 0 radical (unpaired) electrons. The first-order chi connectivity index (χ1) is 13.1. The third kappa shape index (κ3) is 4.07. The van der Waals surface area contributed by atoms with Gasteiger partial charge in [0.15, 0.2) is 0 Å². The maximum Gasteiger partial charge on any atom is 0.265 e. The van der Waals surface area contributed by atoms with Gasteiger partial charge in [0.25, 0.3) is 5.91 Å². The van der Waals surface area contributed by atoms with Crippen molar-refractivity contribution >= 4 is 28.6 Å². The number of hydrogen-bond donors (Lipinski definition) is 0. The Bertz CT molecular complexity index is 929. The number of amides is 1. The van der Waals surface area contributed by atoms with E-state index in [-0.39, 0.29) is 5.91 Å². The van der Waals surface area contributed by atoms with Gasteiger partial charge in [-0.3, -0.25) is 14.7 Å². The lowest BCUT2D eigenvalue weighted by atomic mass is 10.2. The van der Waals surface area contributed by atoms with E-state index in [1.807, 2.05) is 36.9 Å². The molecule has 0 atom stereocenters. The minimum absolute atomic E-state index is 0.0799. The molecule has 0 saturated carbocycles. The van der Waals surface area contributed by atoms with E-state index in [2.05, 4.69) is 25.2 Å². The summed E-state index contributed by atoms with van der Waals surface area (Å²) < 4.78 is 0. The zero-order valence-electron chi connectivity index (χ0n) is 15.4. The molecule has 8 heteroatoms. The second-order valence-corrected chi connectivity index (χ2v) is 8.64. The zero-order valence-corrected chi connectivity index (χ0v) is 17.0. The molecule has 0 aromatic carbocycles. The predicted octanol–water partition coefficient (Wildman–Crippen LogP) is 3.24. The van der Waals surface area contributed by atoms with Gasteiger partial charge < -0.3 is 4.90 Å². The van der Waals surface area contributed by atoms with Gasteiger partial charge in [-0.2, -0.15) is 0 Å². The Hall–Kier alpha value is -2.16. The Kier molecular flexibility index (Phi) is 5.29. The highest BCUT2D eigenvalue weighted by Crippen LogP contribution is 2.27. The number of hydrogen-bond acceptors (Lipinski definition) is 7. The molecule has 3 aromatic heterocycles. The van der Waals surface area contributed by atoms with Gasteiger partial charge in [-0.05, 0) is 26.0 Å². The van der Waals surface area contributed by atoms with Crippen LogP contribution in [0, 0.1) is 13.8 Å². The molecule has 4 heterocycles. The lowest BCUT2D eigenvalue weighted by Gasteiger charge is -2.34. The lowest BCUT2D eigenvalue weighted by Crippen LogP contribution is -2.48. The fraction of sp³-hybridized carbons (Fsp3) is 0.368. The Morgan fingerprint density at radius 1 is 1.15 bits per heavy atom. The van der Waals surface area contributed by atoms with E-state index < -0.39 is 0 Å². The monoisotopic (exact) mass is 399 g/mol. The van der Waals surface area contributed by atoms with Gasteiger partial charge >= 0.3 is 0 Å². The molecule has 3 aromatic rings. The van der Waals surface area contributed by atoms with Crippen LogP contribution in [0.1, 0.15) is 26.1 Å². The van der Waals surface area contributed by atoms with Gasteiger partial charge in [0, 0.05) is 44.3 Å². The lowest BCUT2D eigenvalue weighted by molar-refractivity contribution is 0.0631. The topological polar surface area (TPSA) is 62.2 Å². The second kappa shape index (κ2) is 7.84. The maximum atomic E-state index is 13.0. The molecule has 0 unspecified atom stereocenters. The summed E-state index contributed by atoms with van der Waals surface area (Å²) in [6.07, 6.45) is 1.75. The van der Waals surface area contributed by atoms with Crippen molar-refractivity contribution in [2.75, 3.05) is 26.2 Å². The second-order valence-electron chi connectivity index (χ2n) is 6.57. The highest BCUT2D eigenvalue weighted by Gasteiger charge is 2.26. The number of aryl methyl sites for hydroxylation is 2. The molecule has 1 amide bonds. The largest absolute Gasteiger partial charge is 0.335 e. The Morgan fingerprint density at radius 2 is 1.96 bits per heavy atom. The van der Waals surface area contributed by atoms with E-state index in [0.717, 1.165) is 64.7 Å². The molecule has 27 heavy (non-hydrogen) atoms. The molecule has 0 N–H and O–H groups in total. The third-order valence-corrected chi connectivity index (χ3v) is 6.58. The predicted molar refractivity (Wildman–Crippen MR) is 108 cm³/mol.